The number of halogens is 2. The lowest BCUT2D eigenvalue weighted by Crippen LogP contribution is -1.97. The zero-order valence-corrected chi connectivity index (χ0v) is 8.09. The predicted octanol–water partition coefficient (Wildman–Crippen LogP) is 3.30. The average molecular weight is 204 g/mol. The molecule has 0 aliphatic heterocycles. The minimum absolute atomic E-state index is 0.191. The number of allylic oxidation sites excluding steroid dienone is 3. The van der Waals surface area contributed by atoms with E-state index in [1.54, 1.807) is 12.3 Å². The summed E-state index contributed by atoms with van der Waals surface area (Å²) in [7, 11) is 0. The van der Waals surface area contributed by atoms with Crippen molar-refractivity contribution in [2.45, 2.75) is 6.92 Å². The number of rotatable bonds is 1. The van der Waals surface area contributed by atoms with E-state index in [-0.39, 0.29) is 5.57 Å². The van der Waals surface area contributed by atoms with Crippen LogP contribution in [0.3, 0.4) is 0 Å². The lowest BCUT2D eigenvalue weighted by Gasteiger charge is -2.07. The normalized spacial score (nSPS) is 16.2. The Hall–Kier alpha value is -1.73. The smallest absolute Gasteiger partial charge is 0.208 e. The van der Waals surface area contributed by atoms with E-state index in [2.05, 4.69) is 10.7 Å². The standard InChI is InChI=1S/C12H8F2N/c1-8-2-5-12(15-7-8)10-4-3-9(13)6-11(10)14/h2-3,5-7H,1H3. The van der Waals surface area contributed by atoms with E-state index < -0.39 is 12.0 Å². The Kier molecular flexibility index (Phi) is 2.48. The van der Waals surface area contributed by atoms with Crippen molar-refractivity contribution in [1.29, 1.82) is 0 Å². The van der Waals surface area contributed by atoms with Crippen molar-refractivity contribution in [2.75, 3.05) is 0 Å². The molecule has 0 saturated heterocycles. The minimum Gasteiger partial charge on any atom is -0.256 e. The first-order valence-electron chi connectivity index (χ1n) is 4.46. The van der Waals surface area contributed by atoms with Gasteiger partial charge in [-0.1, -0.05) is 6.07 Å². The third-order valence-electron chi connectivity index (χ3n) is 2.03. The Morgan fingerprint density at radius 3 is 2.67 bits per heavy atom. The minimum atomic E-state index is -0.647. The molecule has 0 amide bonds. The SMILES string of the molecule is Cc1ccc(C2=C=CC(F)=C[C]2F)nc1. The molecule has 0 bridgehead atoms. The van der Waals surface area contributed by atoms with Crippen molar-refractivity contribution >= 4 is 5.57 Å². The van der Waals surface area contributed by atoms with E-state index in [1.165, 1.54) is 0 Å². The molecular formula is C12H8F2N. The van der Waals surface area contributed by atoms with Crippen LogP contribution in [0.25, 0.3) is 5.57 Å². The van der Waals surface area contributed by atoms with Gasteiger partial charge in [0, 0.05) is 12.3 Å². The molecule has 0 N–H and O–H groups in total. The summed E-state index contributed by atoms with van der Waals surface area (Å²) in [5, 5.41) is 0. The predicted molar refractivity (Wildman–Crippen MR) is 54.0 cm³/mol. The molecule has 75 valence electrons. The maximum absolute atomic E-state index is 13.3. The fourth-order valence-electron chi connectivity index (χ4n) is 1.26. The van der Waals surface area contributed by atoms with E-state index in [0.717, 1.165) is 17.7 Å². The molecule has 15 heavy (non-hydrogen) atoms. The lowest BCUT2D eigenvalue weighted by molar-refractivity contribution is 0.576. The average Bonchev–Trinajstić information content (AvgIpc) is 2.20. The van der Waals surface area contributed by atoms with Crippen LogP contribution in [0.2, 0.25) is 0 Å². The molecule has 1 aromatic rings. The maximum Gasteiger partial charge on any atom is 0.208 e. The highest BCUT2D eigenvalue weighted by molar-refractivity contribution is 5.75. The summed E-state index contributed by atoms with van der Waals surface area (Å²) in [5.41, 5.74) is 4.16. The summed E-state index contributed by atoms with van der Waals surface area (Å²) in [6.07, 6.45) is 2.91. The Morgan fingerprint density at radius 2 is 2.07 bits per heavy atom. The van der Waals surface area contributed by atoms with E-state index in [4.69, 9.17) is 0 Å². The van der Waals surface area contributed by atoms with Crippen molar-refractivity contribution in [3.8, 4) is 0 Å². The van der Waals surface area contributed by atoms with Gasteiger partial charge in [0.25, 0.3) is 0 Å². The van der Waals surface area contributed by atoms with Gasteiger partial charge in [-0.2, -0.15) is 0 Å². The van der Waals surface area contributed by atoms with Gasteiger partial charge in [-0.05, 0) is 24.6 Å². The van der Waals surface area contributed by atoms with Gasteiger partial charge in [-0.25, -0.2) is 8.78 Å². The zero-order chi connectivity index (χ0) is 10.8. The molecule has 1 radical (unpaired) electrons. The number of hydrogen-bond donors (Lipinski definition) is 0. The first-order chi connectivity index (χ1) is 7.16. The summed E-state index contributed by atoms with van der Waals surface area (Å²) < 4.78 is 26.0. The fraction of sp³-hybridized carbons (Fsp3) is 0.0833. The number of pyridine rings is 1. The fourth-order valence-corrected chi connectivity index (χ4v) is 1.26. The summed E-state index contributed by atoms with van der Waals surface area (Å²) >= 11 is 0. The van der Waals surface area contributed by atoms with E-state index in [9.17, 15) is 8.78 Å². The Balaban J connectivity index is 2.41. The second kappa shape index (κ2) is 3.79. The monoisotopic (exact) mass is 204 g/mol. The molecule has 0 spiro atoms. The van der Waals surface area contributed by atoms with Gasteiger partial charge >= 0.3 is 0 Å². The van der Waals surface area contributed by atoms with E-state index in [0.29, 0.717) is 5.69 Å². The zero-order valence-electron chi connectivity index (χ0n) is 8.09. The van der Waals surface area contributed by atoms with Gasteiger partial charge in [0.05, 0.1) is 11.3 Å². The van der Waals surface area contributed by atoms with Crippen LogP contribution in [0.5, 0.6) is 0 Å². The topological polar surface area (TPSA) is 12.9 Å². The third-order valence-corrected chi connectivity index (χ3v) is 2.03. The highest BCUT2D eigenvalue weighted by atomic mass is 19.1. The van der Waals surface area contributed by atoms with Gasteiger partial charge in [-0.15, -0.1) is 5.73 Å². The number of hydrogen-bond acceptors (Lipinski definition) is 1. The molecule has 0 saturated carbocycles. The molecule has 1 aliphatic rings. The van der Waals surface area contributed by atoms with Gasteiger partial charge in [-0.3, -0.25) is 4.98 Å². The molecule has 1 heterocycles. The van der Waals surface area contributed by atoms with Crippen LogP contribution in [0.4, 0.5) is 8.78 Å². The summed E-state index contributed by atoms with van der Waals surface area (Å²) in [6.45, 7) is 1.89. The maximum atomic E-state index is 13.3. The van der Waals surface area contributed by atoms with Crippen molar-refractivity contribution in [1.82, 2.24) is 4.98 Å². The molecule has 2 rings (SSSR count). The van der Waals surface area contributed by atoms with Crippen LogP contribution in [0, 0.1) is 13.1 Å². The van der Waals surface area contributed by atoms with Crippen LogP contribution in [0.15, 0.2) is 42.0 Å². The molecular weight excluding hydrogens is 196 g/mol. The molecule has 0 atom stereocenters. The summed E-state index contributed by atoms with van der Waals surface area (Å²) in [6, 6.07) is 3.50. The van der Waals surface area contributed by atoms with Crippen LogP contribution >= 0.6 is 0 Å². The van der Waals surface area contributed by atoms with Crippen molar-refractivity contribution in [3.63, 3.8) is 0 Å². The van der Waals surface area contributed by atoms with Gasteiger partial charge < -0.3 is 0 Å². The highest BCUT2D eigenvalue weighted by Gasteiger charge is 2.18. The van der Waals surface area contributed by atoms with Crippen molar-refractivity contribution in [2.24, 2.45) is 0 Å². The van der Waals surface area contributed by atoms with Gasteiger partial charge in [0.2, 0.25) is 6.17 Å². The molecule has 1 aliphatic carbocycles. The van der Waals surface area contributed by atoms with E-state index in [1.807, 2.05) is 13.0 Å². The molecule has 3 heteroatoms. The second-order valence-electron chi connectivity index (χ2n) is 3.26. The number of nitrogens with zero attached hydrogens (tertiary/aromatic N) is 1. The molecule has 0 unspecified atom stereocenters. The van der Waals surface area contributed by atoms with Gasteiger partial charge in [0.1, 0.15) is 5.83 Å². The second-order valence-corrected chi connectivity index (χ2v) is 3.26. The van der Waals surface area contributed by atoms with Crippen molar-refractivity contribution in [3.05, 3.63) is 59.5 Å². The molecule has 0 aromatic carbocycles. The highest BCUT2D eigenvalue weighted by Crippen LogP contribution is 2.29. The molecule has 1 nitrogen and oxygen atoms in total. The quantitative estimate of drug-likeness (QED) is 0.639. The van der Waals surface area contributed by atoms with Crippen LogP contribution in [-0.4, -0.2) is 4.98 Å². The van der Waals surface area contributed by atoms with Crippen molar-refractivity contribution < 1.29 is 8.78 Å². The Bertz CT molecular complexity index is 465. The number of aryl methyl sites for hydroxylation is 1. The molecule has 1 aromatic heterocycles. The van der Waals surface area contributed by atoms with Crippen LogP contribution in [-0.2, 0) is 0 Å². The summed E-state index contributed by atoms with van der Waals surface area (Å²) in [5.74, 6) is -0.636. The Labute approximate surface area is 86.5 Å². The first-order valence-corrected chi connectivity index (χ1v) is 4.46. The van der Waals surface area contributed by atoms with E-state index >= 15 is 0 Å². The van der Waals surface area contributed by atoms with Gasteiger partial charge in [0.15, 0.2) is 0 Å². The Morgan fingerprint density at radius 1 is 1.27 bits per heavy atom. The summed E-state index contributed by atoms with van der Waals surface area (Å²) in [4.78, 5) is 4.05. The molecule has 0 fully saturated rings. The largest absolute Gasteiger partial charge is 0.256 e. The van der Waals surface area contributed by atoms with Crippen LogP contribution in [0.1, 0.15) is 11.3 Å². The van der Waals surface area contributed by atoms with Crippen LogP contribution < -0.4 is 0 Å². The number of aromatic nitrogens is 1. The third kappa shape index (κ3) is 2.03. The first kappa shape index (κ1) is 9.81. The lowest BCUT2D eigenvalue weighted by atomic mass is 10.0.